The molecule has 2 amide bonds. The van der Waals surface area contributed by atoms with Gasteiger partial charge in [0.1, 0.15) is 0 Å². The van der Waals surface area contributed by atoms with E-state index in [1.54, 1.807) is 24.3 Å². The highest BCUT2D eigenvalue weighted by Crippen LogP contribution is 2.30. The molecule has 2 aromatic rings. The Morgan fingerprint density at radius 3 is 1.94 bits per heavy atom. The molecule has 6 heteroatoms. The highest BCUT2D eigenvalue weighted by Gasteiger charge is 2.23. The van der Waals surface area contributed by atoms with Gasteiger partial charge in [-0.15, -0.1) is 12.4 Å². The van der Waals surface area contributed by atoms with Crippen molar-refractivity contribution in [3.63, 3.8) is 0 Å². The van der Waals surface area contributed by atoms with Crippen LogP contribution in [0, 0.1) is 0 Å². The molecule has 31 heavy (non-hydrogen) atoms. The van der Waals surface area contributed by atoms with Crippen LogP contribution < -0.4 is 16.4 Å². The van der Waals surface area contributed by atoms with Crippen molar-refractivity contribution >= 4 is 29.9 Å². The van der Waals surface area contributed by atoms with Crippen LogP contribution in [-0.4, -0.2) is 24.9 Å². The third-order valence-electron chi connectivity index (χ3n) is 5.01. The predicted octanol–water partition coefficient (Wildman–Crippen LogP) is 5.03. The number of carbonyl (C=O) groups is 2. The van der Waals surface area contributed by atoms with E-state index in [-0.39, 0.29) is 35.1 Å². The molecule has 0 aliphatic carbocycles. The van der Waals surface area contributed by atoms with Crippen molar-refractivity contribution in [2.24, 2.45) is 5.73 Å². The molecule has 0 saturated heterocycles. The summed E-state index contributed by atoms with van der Waals surface area (Å²) >= 11 is 0. The molecule has 0 aliphatic rings. The summed E-state index contributed by atoms with van der Waals surface area (Å²) in [5, 5.41) is 5.77. The molecule has 0 atom stereocenters. The van der Waals surface area contributed by atoms with Crippen LogP contribution in [0.3, 0.4) is 0 Å². The quantitative estimate of drug-likeness (QED) is 0.545. The molecular weight excluding hydrogens is 410 g/mol. The summed E-state index contributed by atoms with van der Waals surface area (Å²) in [6.07, 6.45) is 0.704. The van der Waals surface area contributed by atoms with Crippen molar-refractivity contribution in [1.82, 2.24) is 5.32 Å². The number of hydrogen-bond acceptors (Lipinski definition) is 3. The lowest BCUT2D eigenvalue weighted by molar-refractivity contribution is 0.0954. The maximum atomic E-state index is 13.1. The fraction of sp³-hybridized carbons (Fsp3) is 0.440. The first-order chi connectivity index (χ1) is 13.9. The normalized spacial score (nSPS) is 11.5. The standard InChI is InChI=1S/C25H35N3O2.ClH/c1-24(2,3)18-14-17(15-19(16-18)25(4,5)6)22(29)28-21-11-8-7-10-20(21)23(30)27-13-9-12-26;/h7-8,10-11,14-16H,9,12-13,26H2,1-6H3,(H,27,30)(H,28,29);1H. The van der Waals surface area contributed by atoms with E-state index in [0.29, 0.717) is 36.3 Å². The van der Waals surface area contributed by atoms with E-state index in [9.17, 15) is 9.59 Å². The van der Waals surface area contributed by atoms with Gasteiger partial charge >= 0.3 is 0 Å². The minimum absolute atomic E-state index is 0. The van der Waals surface area contributed by atoms with Crippen LogP contribution in [0.2, 0.25) is 0 Å². The Morgan fingerprint density at radius 1 is 0.871 bits per heavy atom. The zero-order valence-electron chi connectivity index (χ0n) is 19.5. The van der Waals surface area contributed by atoms with Gasteiger partial charge in [0.15, 0.2) is 0 Å². The smallest absolute Gasteiger partial charge is 0.255 e. The van der Waals surface area contributed by atoms with E-state index in [0.717, 1.165) is 11.1 Å². The van der Waals surface area contributed by atoms with Gasteiger partial charge < -0.3 is 16.4 Å². The Morgan fingerprint density at radius 2 is 1.42 bits per heavy atom. The molecule has 0 bridgehead atoms. The Hall–Kier alpha value is -2.37. The third-order valence-corrected chi connectivity index (χ3v) is 5.01. The molecule has 2 rings (SSSR count). The van der Waals surface area contributed by atoms with Gasteiger partial charge in [0, 0.05) is 12.1 Å². The minimum Gasteiger partial charge on any atom is -0.352 e. The van der Waals surface area contributed by atoms with Crippen LogP contribution >= 0.6 is 12.4 Å². The van der Waals surface area contributed by atoms with Gasteiger partial charge in [-0.25, -0.2) is 0 Å². The highest BCUT2D eigenvalue weighted by molar-refractivity contribution is 6.09. The van der Waals surface area contributed by atoms with E-state index in [1.165, 1.54) is 0 Å². The van der Waals surface area contributed by atoms with Gasteiger partial charge in [-0.3, -0.25) is 9.59 Å². The largest absolute Gasteiger partial charge is 0.352 e. The number of nitrogens with two attached hydrogens (primary N) is 1. The average molecular weight is 446 g/mol. The Labute approximate surface area is 192 Å². The van der Waals surface area contributed by atoms with E-state index < -0.39 is 0 Å². The SMILES string of the molecule is CC(C)(C)c1cc(C(=O)Nc2ccccc2C(=O)NCCCN)cc(C(C)(C)C)c1.Cl. The van der Waals surface area contributed by atoms with Gasteiger partial charge in [-0.1, -0.05) is 59.7 Å². The minimum atomic E-state index is -0.228. The molecule has 4 N–H and O–H groups in total. The zero-order valence-corrected chi connectivity index (χ0v) is 20.3. The summed E-state index contributed by atoms with van der Waals surface area (Å²) < 4.78 is 0. The topological polar surface area (TPSA) is 84.2 Å². The van der Waals surface area contributed by atoms with Crippen LogP contribution in [0.4, 0.5) is 5.69 Å². The fourth-order valence-corrected chi connectivity index (χ4v) is 3.01. The summed E-state index contributed by atoms with van der Waals surface area (Å²) in [5.41, 5.74) is 9.04. The lowest BCUT2D eigenvalue weighted by Crippen LogP contribution is -2.27. The number of amides is 2. The number of carbonyl (C=O) groups excluding carboxylic acids is 2. The van der Waals surface area contributed by atoms with Gasteiger partial charge in [0.05, 0.1) is 11.3 Å². The second kappa shape index (κ2) is 10.8. The first-order valence-corrected chi connectivity index (χ1v) is 10.5. The van der Waals surface area contributed by atoms with E-state index in [4.69, 9.17) is 5.73 Å². The summed E-state index contributed by atoms with van der Waals surface area (Å²) in [6.45, 7) is 13.8. The van der Waals surface area contributed by atoms with Gasteiger partial charge in [-0.05, 0) is 59.2 Å². The van der Waals surface area contributed by atoms with Crippen molar-refractivity contribution in [2.75, 3.05) is 18.4 Å². The number of anilines is 1. The fourth-order valence-electron chi connectivity index (χ4n) is 3.01. The van der Waals surface area contributed by atoms with Crippen molar-refractivity contribution < 1.29 is 9.59 Å². The Bertz CT molecular complexity index is 879. The average Bonchev–Trinajstić information content (AvgIpc) is 2.66. The van der Waals surface area contributed by atoms with Crippen molar-refractivity contribution in [3.8, 4) is 0 Å². The van der Waals surface area contributed by atoms with Gasteiger partial charge in [-0.2, -0.15) is 0 Å². The molecule has 0 unspecified atom stereocenters. The first kappa shape index (κ1) is 26.7. The van der Waals surface area contributed by atoms with E-state index in [2.05, 4.69) is 58.2 Å². The van der Waals surface area contributed by atoms with Gasteiger partial charge in [0.25, 0.3) is 11.8 Å². The molecule has 0 spiro atoms. The number of para-hydroxylation sites is 1. The summed E-state index contributed by atoms with van der Waals surface area (Å²) in [5.74, 6) is -0.452. The summed E-state index contributed by atoms with van der Waals surface area (Å²) in [7, 11) is 0. The third kappa shape index (κ3) is 7.37. The Kier molecular flexibility index (Phi) is 9.27. The number of halogens is 1. The number of nitrogens with one attached hydrogen (secondary N) is 2. The lowest BCUT2D eigenvalue weighted by atomic mass is 9.79. The number of benzene rings is 2. The monoisotopic (exact) mass is 445 g/mol. The second-order valence-electron chi connectivity index (χ2n) is 9.70. The molecule has 0 radical (unpaired) electrons. The number of rotatable bonds is 6. The molecule has 0 saturated carbocycles. The molecule has 0 fully saturated rings. The molecule has 5 nitrogen and oxygen atoms in total. The number of hydrogen-bond donors (Lipinski definition) is 3. The maximum absolute atomic E-state index is 13.1. The Balaban J connectivity index is 0.00000480. The second-order valence-corrected chi connectivity index (χ2v) is 9.70. The molecule has 0 aromatic heterocycles. The predicted molar refractivity (Wildman–Crippen MR) is 131 cm³/mol. The van der Waals surface area contributed by atoms with Crippen LogP contribution in [0.1, 0.15) is 79.8 Å². The summed E-state index contributed by atoms with van der Waals surface area (Å²) in [4.78, 5) is 25.7. The van der Waals surface area contributed by atoms with Gasteiger partial charge in [0.2, 0.25) is 0 Å². The molecule has 170 valence electrons. The van der Waals surface area contributed by atoms with Crippen molar-refractivity contribution in [1.29, 1.82) is 0 Å². The molecule has 0 aliphatic heterocycles. The molecular formula is C25H36ClN3O2. The summed E-state index contributed by atoms with van der Waals surface area (Å²) in [6, 6.07) is 13.1. The van der Waals surface area contributed by atoms with Crippen LogP contribution in [0.25, 0.3) is 0 Å². The van der Waals surface area contributed by atoms with E-state index >= 15 is 0 Å². The highest BCUT2D eigenvalue weighted by atomic mass is 35.5. The maximum Gasteiger partial charge on any atom is 0.255 e. The zero-order chi connectivity index (χ0) is 22.5. The van der Waals surface area contributed by atoms with Crippen LogP contribution in [-0.2, 0) is 10.8 Å². The van der Waals surface area contributed by atoms with Crippen molar-refractivity contribution in [3.05, 3.63) is 64.7 Å². The molecule has 0 heterocycles. The van der Waals surface area contributed by atoms with Crippen LogP contribution in [0.5, 0.6) is 0 Å². The molecule has 2 aromatic carbocycles. The first-order valence-electron chi connectivity index (χ1n) is 10.5. The van der Waals surface area contributed by atoms with Crippen LogP contribution in [0.15, 0.2) is 42.5 Å². The lowest BCUT2D eigenvalue weighted by Gasteiger charge is -2.26. The van der Waals surface area contributed by atoms with Crippen molar-refractivity contribution in [2.45, 2.75) is 58.8 Å². The van der Waals surface area contributed by atoms with E-state index in [1.807, 2.05) is 12.1 Å².